The number of nitro groups is 1. The van der Waals surface area contributed by atoms with Crippen molar-refractivity contribution >= 4 is 0 Å². The molecule has 0 aliphatic heterocycles. The summed E-state index contributed by atoms with van der Waals surface area (Å²) in [4.78, 5) is 21.1. The van der Waals surface area contributed by atoms with E-state index in [4.69, 9.17) is 0 Å². The van der Waals surface area contributed by atoms with Gasteiger partial charge in [0.2, 0.25) is 0 Å². The summed E-state index contributed by atoms with van der Waals surface area (Å²) >= 11 is 0. The maximum absolute atomic E-state index is 10.9. The number of nitrogens with zero attached hydrogens (tertiary/aromatic N) is 2. The van der Waals surface area contributed by atoms with Crippen LogP contribution in [0.4, 0.5) is 0 Å². The smallest absolute Gasteiger partial charge is 0.262 e. The fraction of sp³-hybridized carbons (Fsp3) is 1.00. The molecule has 82 valence electrons. The van der Waals surface area contributed by atoms with E-state index in [0.717, 1.165) is 0 Å². The van der Waals surface area contributed by atoms with E-state index in [2.05, 4.69) is 5.18 Å². The maximum Gasteiger partial charge on any atom is 0.351 e. The van der Waals surface area contributed by atoms with Gasteiger partial charge >= 0.3 is 5.66 Å². The molecule has 0 aromatic heterocycles. The standard InChI is InChI=1S/C9H18N2O3/c1-4-7-9(10-12,11(13)14)8(5-2)6-3/h8H,4-7H2,1-3H3. The zero-order valence-electron chi connectivity index (χ0n) is 9.02. The first-order valence-electron chi connectivity index (χ1n) is 5.07. The second-order valence-corrected chi connectivity index (χ2v) is 3.49. The van der Waals surface area contributed by atoms with E-state index in [0.29, 0.717) is 19.3 Å². The zero-order chi connectivity index (χ0) is 11.2. The third kappa shape index (κ3) is 2.27. The highest BCUT2D eigenvalue weighted by atomic mass is 16.6. The molecule has 0 N–H and O–H groups in total. The average molecular weight is 202 g/mol. The molecule has 1 unspecified atom stereocenters. The van der Waals surface area contributed by atoms with Crippen LogP contribution in [0, 0.1) is 20.9 Å². The quantitative estimate of drug-likeness (QED) is 0.362. The highest BCUT2D eigenvalue weighted by molar-refractivity contribution is 4.83. The van der Waals surface area contributed by atoms with E-state index in [1.165, 1.54) is 0 Å². The fourth-order valence-corrected chi connectivity index (χ4v) is 1.91. The lowest BCUT2D eigenvalue weighted by Gasteiger charge is -2.24. The molecule has 5 nitrogen and oxygen atoms in total. The fourth-order valence-electron chi connectivity index (χ4n) is 1.91. The van der Waals surface area contributed by atoms with Crippen molar-refractivity contribution in [1.29, 1.82) is 0 Å². The van der Waals surface area contributed by atoms with Crippen LogP contribution in [0.3, 0.4) is 0 Å². The number of nitroso groups, excluding NO2 is 1. The first-order valence-corrected chi connectivity index (χ1v) is 5.07. The average Bonchev–Trinajstić information content (AvgIpc) is 2.17. The van der Waals surface area contributed by atoms with Crippen LogP contribution in [0.15, 0.2) is 5.18 Å². The molecule has 5 heteroatoms. The third-order valence-electron chi connectivity index (χ3n) is 2.73. The molecule has 0 rings (SSSR count). The van der Waals surface area contributed by atoms with Crippen LogP contribution in [-0.4, -0.2) is 10.6 Å². The number of rotatable bonds is 7. The van der Waals surface area contributed by atoms with Crippen molar-refractivity contribution in [2.24, 2.45) is 11.1 Å². The van der Waals surface area contributed by atoms with Crippen LogP contribution in [-0.2, 0) is 0 Å². The molecule has 0 aromatic rings. The number of hydrogen-bond acceptors (Lipinski definition) is 4. The Morgan fingerprint density at radius 1 is 1.36 bits per heavy atom. The van der Waals surface area contributed by atoms with Crippen LogP contribution in [0.1, 0.15) is 46.5 Å². The summed E-state index contributed by atoms with van der Waals surface area (Å²) in [6.07, 6.45) is 2.06. The van der Waals surface area contributed by atoms with Gasteiger partial charge in [-0.05, 0) is 19.3 Å². The van der Waals surface area contributed by atoms with Gasteiger partial charge in [0.05, 0.1) is 10.8 Å². The molecule has 0 aliphatic rings. The summed E-state index contributed by atoms with van der Waals surface area (Å²) < 4.78 is 0. The molecule has 0 aliphatic carbocycles. The molecular formula is C9H18N2O3. The van der Waals surface area contributed by atoms with Crippen molar-refractivity contribution in [3.63, 3.8) is 0 Å². The van der Waals surface area contributed by atoms with Crippen molar-refractivity contribution < 1.29 is 4.92 Å². The summed E-state index contributed by atoms with van der Waals surface area (Å²) in [6, 6.07) is 0. The molecule has 0 saturated carbocycles. The third-order valence-corrected chi connectivity index (χ3v) is 2.73. The molecular weight excluding hydrogens is 184 g/mol. The molecule has 0 spiro atoms. The van der Waals surface area contributed by atoms with Crippen LogP contribution >= 0.6 is 0 Å². The van der Waals surface area contributed by atoms with Crippen LogP contribution in [0.5, 0.6) is 0 Å². The van der Waals surface area contributed by atoms with Gasteiger partial charge in [0.1, 0.15) is 0 Å². The number of hydrogen-bond donors (Lipinski definition) is 0. The lowest BCUT2D eigenvalue weighted by molar-refractivity contribution is -0.581. The molecule has 0 bridgehead atoms. The Hall–Kier alpha value is -1.00. The SMILES string of the molecule is CCCC(N=O)(C(CC)CC)[N+](=O)[O-]. The van der Waals surface area contributed by atoms with E-state index < -0.39 is 10.6 Å². The van der Waals surface area contributed by atoms with Gasteiger partial charge in [-0.25, -0.2) is 0 Å². The normalized spacial score (nSPS) is 15.1. The second kappa shape index (κ2) is 5.67. The summed E-state index contributed by atoms with van der Waals surface area (Å²) in [6.45, 7) is 5.53. The Labute approximate surface area is 84.0 Å². The Morgan fingerprint density at radius 2 is 1.86 bits per heavy atom. The van der Waals surface area contributed by atoms with Crippen molar-refractivity contribution in [2.45, 2.75) is 52.1 Å². The molecule has 0 saturated heterocycles. The Kier molecular flexibility index (Phi) is 5.27. The van der Waals surface area contributed by atoms with E-state index in [-0.39, 0.29) is 12.3 Å². The van der Waals surface area contributed by atoms with Gasteiger partial charge in [0, 0.05) is 11.6 Å². The monoisotopic (exact) mass is 202 g/mol. The second-order valence-electron chi connectivity index (χ2n) is 3.49. The van der Waals surface area contributed by atoms with Gasteiger partial charge < -0.3 is 0 Å². The predicted molar refractivity (Wildman–Crippen MR) is 54.5 cm³/mol. The van der Waals surface area contributed by atoms with Crippen molar-refractivity contribution in [1.82, 2.24) is 0 Å². The largest absolute Gasteiger partial charge is 0.351 e. The molecule has 0 fully saturated rings. The maximum atomic E-state index is 10.9. The summed E-state index contributed by atoms with van der Waals surface area (Å²) in [5.41, 5.74) is -1.60. The Bertz CT molecular complexity index is 204. The molecule has 0 amide bonds. The van der Waals surface area contributed by atoms with Gasteiger partial charge in [-0.2, -0.15) is 0 Å². The van der Waals surface area contributed by atoms with E-state index in [9.17, 15) is 15.0 Å². The highest BCUT2D eigenvalue weighted by Gasteiger charge is 2.49. The molecule has 1 atom stereocenters. The Balaban J connectivity index is 4.99. The van der Waals surface area contributed by atoms with Crippen molar-refractivity contribution in [3.05, 3.63) is 15.0 Å². The van der Waals surface area contributed by atoms with Gasteiger partial charge in [-0.1, -0.05) is 20.8 Å². The minimum Gasteiger partial charge on any atom is -0.262 e. The first kappa shape index (κ1) is 13.0. The van der Waals surface area contributed by atoms with Crippen LogP contribution < -0.4 is 0 Å². The van der Waals surface area contributed by atoms with Gasteiger partial charge in [0.15, 0.2) is 0 Å². The Morgan fingerprint density at radius 3 is 2.07 bits per heavy atom. The van der Waals surface area contributed by atoms with Gasteiger partial charge in [0.25, 0.3) is 0 Å². The van der Waals surface area contributed by atoms with Gasteiger partial charge in [-0.15, -0.1) is 4.91 Å². The first-order chi connectivity index (χ1) is 6.58. The lowest BCUT2D eigenvalue weighted by Crippen LogP contribution is -2.43. The lowest BCUT2D eigenvalue weighted by atomic mass is 9.85. The van der Waals surface area contributed by atoms with Crippen molar-refractivity contribution in [3.8, 4) is 0 Å². The van der Waals surface area contributed by atoms with E-state index in [1.807, 2.05) is 20.8 Å². The van der Waals surface area contributed by atoms with Gasteiger partial charge in [-0.3, -0.25) is 10.1 Å². The van der Waals surface area contributed by atoms with Crippen LogP contribution in [0.25, 0.3) is 0 Å². The van der Waals surface area contributed by atoms with Crippen LogP contribution in [0.2, 0.25) is 0 Å². The summed E-state index contributed by atoms with van der Waals surface area (Å²) in [5, 5.41) is 13.7. The molecule has 0 aromatic carbocycles. The molecule has 0 heterocycles. The molecule has 0 radical (unpaired) electrons. The molecule has 14 heavy (non-hydrogen) atoms. The minimum atomic E-state index is -1.60. The summed E-state index contributed by atoms with van der Waals surface area (Å²) in [5.74, 6) is -0.255. The minimum absolute atomic E-state index is 0.232. The highest BCUT2D eigenvalue weighted by Crippen LogP contribution is 2.32. The van der Waals surface area contributed by atoms with E-state index in [1.54, 1.807) is 0 Å². The van der Waals surface area contributed by atoms with Crippen molar-refractivity contribution in [2.75, 3.05) is 0 Å². The zero-order valence-corrected chi connectivity index (χ0v) is 9.02. The summed E-state index contributed by atoms with van der Waals surface area (Å²) in [7, 11) is 0. The topological polar surface area (TPSA) is 72.6 Å². The van der Waals surface area contributed by atoms with E-state index >= 15 is 0 Å². The predicted octanol–water partition coefficient (Wildman–Crippen LogP) is 2.96.